The second kappa shape index (κ2) is 4.27. The van der Waals surface area contributed by atoms with Crippen LogP contribution >= 0.6 is 0 Å². The number of hydrogen-bond donors (Lipinski definition) is 1. The normalized spacial score (nSPS) is 12.9. The third-order valence-corrected chi connectivity index (χ3v) is 1.97. The highest BCUT2D eigenvalue weighted by Crippen LogP contribution is 2.14. The molecule has 0 aliphatic rings. The van der Waals surface area contributed by atoms with Crippen molar-refractivity contribution < 1.29 is 5.11 Å². The van der Waals surface area contributed by atoms with Crippen LogP contribution in [-0.2, 0) is 6.42 Å². The molecule has 0 aliphatic heterocycles. The first kappa shape index (κ1) is 9.27. The monoisotopic (exact) mass is 164 g/mol. The quantitative estimate of drug-likeness (QED) is 0.728. The molecule has 0 spiro atoms. The summed E-state index contributed by atoms with van der Waals surface area (Å²) in [4.78, 5) is 0. The Kier molecular flexibility index (Phi) is 3.30. The number of aryl methyl sites for hydroxylation is 1. The molecule has 66 valence electrons. The minimum absolute atomic E-state index is 0.346. The second-order valence-corrected chi connectivity index (χ2v) is 3.17. The molecule has 0 aromatic heterocycles. The second-order valence-electron chi connectivity index (χ2n) is 3.17. The maximum absolute atomic E-state index is 9.32. The van der Waals surface area contributed by atoms with Gasteiger partial charge in [-0.15, -0.1) is 0 Å². The summed E-state index contributed by atoms with van der Waals surface area (Å²) in [5, 5.41) is 9.32. The number of rotatable bonds is 3. The summed E-state index contributed by atoms with van der Waals surface area (Å²) in [7, 11) is 0. The van der Waals surface area contributed by atoms with Gasteiger partial charge in [-0.2, -0.15) is 0 Å². The van der Waals surface area contributed by atoms with Gasteiger partial charge in [-0.1, -0.05) is 37.6 Å². The molecule has 1 aromatic rings. The van der Waals surface area contributed by atoms with Gasteiger partial charge in [0, 0.05) is 0 Å². The highest BCUT2D eigenvalue weighted by molar-refractivity contribution is 5.24. The first-order valence-electron chi connectivity index (χ1n) is 4.51. The molecule has 1 atom stereocenters. The molecule has 0 fully saturated rings. The Morgan fingerprint density at radius 3 is 2.75 bits per heavy atom. The molecule has 0 saturated carbocycles. The van der Waals surface area contributed by atoms with E-state index in [-0.39, 0.29) is 6.10 Å². The molecule has 0 bridgehead atoms. The number of aliphatic hydroxyl groups is 1. The molecule has 1 nitrogen and oxygen atoms in total. The van der Waals surface area contributed by atoms with Crippen LogP contribution in [-0.4, -0.2) is 5.11 Å². The highest BCUT2D eigenvalue weighted by Gasteiger charge is 2.00. The largest absolute Gasteiger partial charge is 0.389 e. The van der Waals surface area contributed by atoms with Crippen LogP contribution in [0.15, 0.2) is 24.3 Å². The molecule has 1 unspecified atom stereocenters. The third-order valence-electron chi connectivity index (χ3n) is 1.97. The third kappa shape index (κ3) is 2.35. The van der Waals surface area contributed by atoms with Gasteiger partial charge >= 0.3 is 0 Å². The van der Waals surface area contributed by atoms with E-state index in [2.05, 4.69) is 19.1 Å². The van der Waals surface area contributed by atoms with Crippen molar-refractivity contribution in [3.05, 3.63) is 35.4 Å². The van der Waals surface area contributed by atoms with E-state index >= 15 is 0 Å². The minimum Gasteiger partial charge on any atom is -0.389 e. The Hall–Kier alpha value is -0.820. The van der Waals surface area contributed by atoms with E-state index in [0.717, 1.165) is 18.4 Å². The van der Waals surface area contributed by atoms with Crippen molar-refractivity contribution >= 4 is 0 Å². The first-order chi connectivity index (χ1) is 5.74. The number of aliphatic hydroxyl groups excluding tert-OH is 1. The van der Waals surface area contributed by atoms with Crippen LogP contribution in [0.3, 0.4) is 0 Å². The van der Waals surface area contributed by atoms with Gasteiger partial charge in [-0.25, -0.2) is 0 Å². The zero-order valence-corrected chi connectivity index (χ0v) is 7.75. The average molecular weight is 164 g/mol. The Bertz CT molecular complexity index is 241. The van der Waals surface area contributed by atoms with Crippen LogP contribution in [0.2, 0.25) is 0 Å². The van der Waals surface area contributed by atoms with Gasteiger partial charge in [0.2, 0.25) is 0 Å². The fourth-order valence-corrected chi connectivity index (χ4v) is 1.30. The van der Waals surface area contributed by atoms with E-state index in [9.17, 15) is 5.11 Å². The molecule has 0 amide bonds. The van der Waals surface area contributed by atoms with E-state index in [1.165, 1.54) is 5.56 Å². The van der Waals surface area contributed by atoms with Crippen molar-refractivity contribution in [1.29, 1.82) is 0 Å². The Labute approximate surface area is 74.1 Å². The lowest BCUT2D eigenvalue weighted by molar-refractivity contribution is 0.199. The SMILES string of the molecule is CCCc1cccc(C(C)O)c1. The Balaban J connectivity index is 2.81. The van der Waals surface area contributed by atoms with Crippen molar-refractivity contribution in [2.45, 2.75) is 32.8 Å². The Morgan fingerprint density at radius 1 is 1.42 bits per heavy atom. The summed E-state index contributed by atoms with van der Waals surface area (Å²) >= 11 is 0. The summed E-state index contributed by atoms with van der Waals surface area (Å²) < 4.78 is 0. The van der Waals surface area contributed by atoms with Crippen molar-refractivity contribution in [3.63, 3.8) is 0 Å². The summed E-state index contributed by atoms with van der Waals surface area (Å²) in [6.45, 7) is 3.96. The van der Waals surface area contributed by atoms with Gasteiger partial charge in [0.1, 0.15) is 0 Å². The van der Waals surface area contributed by atoms with Crippen LogP contribution in [0, 0.1) is 0 Å². The maximum atomic E-state index is 9.32. The Morgan fingerprint density at radius 2 is 2.17 bits per heavy atom. The van der Waals surface area contributed by atoms with E-state index < -0.39 is 0 Å². The maximum Gasteiger partial charge on any atom is 0.0762 e. The standard InChI is InChI=1S/C11H16O/c1-3-5-10-6-4-7-11(8-10)9(2)12/h4,6-9,12H,3,5H2,1-2H3. The topological polar surface area (TPSA) is 20.2 Å². The lowest BCUT2D eigenvalue weighted by Crippen LogP contribution is -1.92. The highest BCUT2D eigenvalue weighted by atomic mass is 16.3. The van der Waals surface area contributed by atoms with Gasteiger partial charge in [0.15, 0.2) is 0 Å². The molecule has 1 aromatic carbocycles. The summed E-state index contributed by atoms with van der Waals surface area (Å²) in [5.41, 5.74) is 2.33. The van der Waals surface area contributed by atoms with E-state index in [1.807, 2.05) is 12.1 Å². The molecule has 0 saturated heterocycles. The number of hydrogen-bond acceptors (Lipinski definition) is 1. The molecule has 1 N–H and O–H groups in total. The summed E-state index contributed by atoms with van der Waals surface area (Å²) in [6, 6.07) is 8.15. The van der Waals surface area contributed by atoms with Gasteiger partial charge in [-0.05, 0) is 24.5 Å². The number of benzene rings is 1. The van der Waals surface area contributed by atoms with E-state index in [0.29, 0.717) is 0 Å². The molecule has 0 aliphatic carbocycles. The predicted molar refractivity (Wildman–Crippen MR) is 51.1 cm³/mol. The predicted octanol–water partition coefficient (Wildman–Crippen LogP) is 2.69. The summed E-state index contributed by atoms with van der Waals surface area (Å²) in [6.07, 6.45) is 1.91. The fraction of sp³-hybridized carbons (Fsp3) is 0.455. The molecule has 12 heavy (non-hydrogen) atoms. The zero-order valence-electron chi connectivity index (χ0n) is 7.75. The van der Waals surface area contributed by atoms with Crippen LogP contribution in [0.5, 0.6) is 0 Å². The van der Waals surface area contributed by atoms with Crippen LogP contribution in [0.4, 0.5) is 0 Å². The van der Waals surface area contributed by atoms with E-state index in [1.54, 1.807) is 6.92 Å². The minimum atomic E-state index is -0.346. The lowest BCUT2D eigenvalue weighted by Gasteiger charge is -2.06. The molecule has 1 rings (SSSR count). The smallest absolute Gasteiger partial charge is 0.0762 e. The van der Waals surface area contributed by atoms with Gasteiger partial charge in [-0.3, -0.25) is 0 Å². The molecular weight excluding hydrogens is 148 g/mol. The van der Waals surface area contributed by atoms with Crippen molar-refractivity contribution in [3.8, 4) is 0 Å². The molecule has 1 heteroatoms. The molecule has 0 radical (unpaired) electrons. The lowest BCUT2D eigenvalue weighted by atomic mass is 10.0. The van der Waals surface area contributed by atoms with Crippen molar-refractivity contribution in [2.24, 2.45) is 0 Å². The van der Waals surface area contributed by atoms with Crippen LogP contribution in [0.1, 0.15) is 37.5 Å². The molecule has 0 heterocycles. The molecular formula is C11H16O. The first-order valence-corrected chi connectivity index (χ1v) is 4.51. The van der Waals surface area contributed by atoms with Crippen LogP contribution in [0.25, 0.3) is 0 Å². The fourth-order valence-electron chi connectivity index (χ4n) is 1.30. The van der Waals surface area contributed by atoms with E-state index in [4.69, 9.17) is 0 Å². The van der Waals surface area contributed by atoms with Gasteiger partial charge < -0.3 is 5.11 Å². The zero-order chi connectivity index (χ0) is 8.97. The van der Waals surface area contributed by atoms with Crippen molar-refractivity contribution in [2.75, 3.05) is 0 Å². The van der Waals surface area contributed by atoms with Crippen molar-refractivity contribution in [1.82, 2.24) is 0 Å². The van der Waals surface area contributed by atoms with Gasteiger partial charge in [0.25, 0.3) is 0 Å². The van der Waals surface area contributed by atoms with Crippen LogP contribution < -0.4 is 0 Å². The average Bonchev–Trinajstić information content (AvgIpc) is 2.05. The summed E-state index contributed by atoms with van der Waals surface area (Å²) in [5.74, 6) is 0. The van der Waals surface area contributed by atoms with Gasteiger partial charge in [0.05, 0.1) is 6.10 Å².